The molecule has 2 aromatic heterocycles. The van der Waals surface area contributed by atoms with Gasteiger partial charge >= 0.3 is 0 Å². The van der Waals surface area contributed by atoms with E-state index in [0.29, 0.717) is 22.2 Å². The summed E-state index contributed by atoms with van der Waals surface area (Å²) in [5.74, 6) is 8.35. The van der Waals surface area contributed by atoms with Crippen molar-refractivity contribution >= 4 is 43.2 Å². The summed E-state index contributed by atoms with van der Waals surface area (Å²) in [6.45, 7) is 10.2. The van der Waals surface area contributed by atoms with Crippen LogP contribution in [0, 0.1) is 12.7 Å². The van der Waals surface area contributed by atoms with Crippen molar-refractivity contribution in [2.45, 2.75) is 31.0 Å². The van der Waals surface area contributed by atoms with Crippen LogP contribution < -0.4 is 5.32 Å². The molecule has 0 aliphatic heterocycles. The van der Waals surface area contributed by atoms with E-state index >= 15 is 0 Å². The lowest BCUT2D eigenvalue weighted by molar-refractivity contribution is 0.619. The highest BCUT2D eigenvalue weighted by Gasteiger charge is 2.13. The van der Waals surface area contributed by atoms with Crippen molar-refractivity contribution in [3.05, 3.63) is 78.4 Å². The number of hydrogen-bond acceptors (Lipinski definition) is 3. The third-order valence-corrected chi connectivity index (χ3v) is 8.66. The maximum Gasteiger partial charge on any atom is 0.126 e. The van der Waals surface area contributed by atoms with E-state index in [-0.39, 0.29) is 5.82 Å². The van der Waals surface area contributed by atoms with Crippen molar-refractivity contribution < 1.29 is 4.39 Å². The number of rotatable bonds is 6. The number of fused-ring (bicyclic) bond motifs is 1. The number of halogens is 1. The van der Waals surface area contributed by atoms with Gasteiger partial charge in [0.2, 0.25) is 0 Å². The SMILES string of the molecule is C=C(Nc1ccc(S(=C)(=C)C(C)C)nc1)c1n[nH]c2ccc(-c3cccc(F)c3C)cc12. The summed E-state index contributed by atoms with van der Waals surface area (Å²) >= 11 is 0. The smallest absolute Gasteiger partial charge is 0.126 e. The molecule has 0 unspecified atom stereocenters. The molecule has 0 radical (unpaired) electrons. The fourth-order valence-electron chi connectivity index (χ4n) is 3.50. The Morgan fingerprint density at radius 3 is 2.59 bits per heavy atom. The van der Waals surface area contributed by atoms with Crippen LogP contribution in [-0.2, 0) is 0 Å². The topological polar surface area (TPSA) is 53.6 Å². The van der Waals surface area contributed by atoms with Crippen LogP contribution in [0.1, 0.15) is 25.1 Å². The first-order chi connectivity index (χ1) is 15.2. The largest absolute Gasteiger partial charge is 0.353 e. The van der Waals surface area contributed by atoms with Gasteiger partial charge in [-0.05, 0) is 59.2 Å². The molecule has 0 saturated carbocycles. The number of anilines is 1. The average Bonchev–Trinajstić information content (AvgIpc) is 3.19. The van der Waals surface area contributed by atoms with Crippen LogP contribution >= 0.6 is 9.21 Å². The zero-order chi connectivity index (χ0) is 23.0. The van der Waals surface area contributed by atoms with E-state index in [2.05, 4.69) is 52.7 Å². The van der Waals surface area contributed by atoms with E-state index in [4.69, 9.17) is 0 Å². The summed E-state index contributed by atoms with van der Waals surface area (Å²) in [7, 11) is -1.44. The molecule has 4 nitrogen and oxygen atoms in total. The monoisotopic (exact) mass is 446 g/mol. The summed E-state index contributed by atoms with van der Waals surface area (Å²) in [4.78, 5) is 4.58. The minimum atomic E-state index is -1.44. The molecule has 32 heavy (non-hydrogen) atoms. The average molecular weight is 447 g/mol. The Labute approximate surface area is 188 Å². The molecule has 2 N–H and O–H groups in total. The van der Waals surface area contributed by atoms with Gasteiger partial charge in [0.1, 0.15) is 11.5 Å². The first kappa shape index (κ1) is 21.8. The van der Waals surface area contributed by atoms with Gasteiger partial charge in [0.15, 0.2) is 0 Å². The summed E-state index contributed by atoms with van der Waals surface area (Å²) in [5.41, 5.74) is 5.45. The van der Waals surface area contributed by atoms with Crippen LogP contribution in [0.3, 0.4) is 0 Å². The van der Waals surface area contributed by atoms with Crippen molar-refractivity contribution in [2.24, 2.45) is 0 Å². The van der Waals surface area contributed by atoms with Crippen molar-refractivity contribution in [2.75, 3.05) is 5.32 Å². The van der Waals surface area contributed by atoms with Gasteiger partial charge in [-0.25, -0.2) is 9.37 Å². The van der Waals surface area contributed by atoms with Crippen molar-refractivity contribution in [3.63, 3.8) is 0 Å². The predicted octanol–water partition coefficient (Wildman–Crippen LogP) is 6.59. The number of nitrogens with one attached hydrogen (secondary N) is 2. The summed E-state index contributed by atoms with van der Waals surface area (Å²) < 4.78 is 14.1. The van der Waals surface area contributed by atoms with Crippen LogP contribution in [-0.4, -0.2) is 32.2 Å². The number of nitrogens with zero attached hydrogens (tertiary/aromatic N) is 2. The molecular formula is C26H27FN4S. The fraction of sp³-hybridized carbons (Fsp3) is 0.154. The predicted molar refractivity (Wildman–Crippen MR) is 138 cm³/mol. The number of H-pyrrole nitrogens is 1. The van der Waals surface area contributed by atoms with Crippen LogP contribution in [0.15, 0.2) is 66.3 Å². The number of aromatic amines is 1. The maximum absolute atomic E-state index is 14.1. The van der Waals surface area contributed by atoms with Crippen LogP contribution in [0.2, 0.25) is 0 Å². The molecule has 0 aliphatic rings. The molecule has 4 aromatic rings. The van der Waals surface area contributed by atoms with E-state index in [0.717, 1.165) is 32.7 Å². The van der Waals surface area contributed by atoms with Gasteiger partial charge in [0, 0.05) is 5.39 Å². The van der Waals surface area contributed by atoms with E-state index in [9.17, 15) is 4.39 Å². The highest BCUT2D eigenvalue weighted by atomic mass is 32.2. The molecule has 6 heteroatoms. The lowest BCUT2D eigenvalue weighted by Crippen LogP contribution is -2.01. The molecular weight excluding hydrogens is 419 g/mol. The standard InChI is InChI=1S/C26H27FN4S/c1-16(2)32(5,6)25-13-11-20(15-28-25)29-18(4)26-22-14-19(10-12-24(22)30-31-26)21-8-7-9-23(27)17(21)3/h7-16,29H,4-6H2,1-3H3,(H,30,31). The molecule has 2 heterocycles. The molecule has 2 aromatic carbocycles. The second kappa shape index (κ2) is 8.28. The fourth-order valence-corrected chi connectivity index (χ4v) is 4.59. The minimum absolute atomic E-state index is 0.218. The summed E-state index contributed by atoms with van der Waals surface area (Å²) in [6.07, 6.45) is 1.78. The zero-order valence-electron chi connectivity index (χ0n) is 18.6. The number of hydrogen-bond donors (Lipinski definition) is 2. The third-order valence-electron chi connectivity index (χ3n) is 5.78. The normalized spacial score (nSPS) is 11.8. The molecule has 0 fully saturated rings. The first-order valence-corrected chi connectivity index (χ1v) is 12.4. The Morgan fingerprint density at radius 2 is 1.91 bits per heavy atom. The molecule has 0 atom stereocenters. The second-order valence-corrected chi connectivity index (χ2v) is 11.5. The molecule has 0 amide bonds. The van der Waals surface area contributed by atoms with Gasteiger partial charge in [-0.3, -0.25) is 5.10 Å². The van der Waals surface area contributed by atoms with Gasteiger partial charge in [-0.1, -0.05) is 50.4 Å². The van der Waals surface area contributed by atoms with E-state index in [1.807, 2.05) is 36.4 Å². The Balaban J connectivity index is 1.64. The van der Waals surface area contributed by atoms with Crippen LogP contribution in [0.25, 0.3) is 27.7 Å². The Morgan fingerprint density at radius 1 is 1.12 bits per heavy atom. The van der Waals surface area contributed by atoms with Gasteiger partial charge < -0.3 is 5.32 Å². The highest BCUT2D eigenvalue weighted by Crippen LogP contribution is 2.35. The second-order valence-electron chi connectivity index (χ2n) is 8.23. The lowest BCUT2D eigenvalue weighted by Gasteiger charge is -2.18. The molecule has 4 rings (SSSR count). The molecule has 0 spiro atoms. The number of benzene rings is 2. The van der Waals surface area contributed by atoms with Crippen LogP contribution in [0.5, 0.6) is 0 Å². The van der Waals surface area contributed by atoms with Crippen molar-refractivity contribution in [1.82, 2.24) is 15.2 Å². The highest BCUT2D eigenvalue weighted by molar-refractivity contribution is 8.28. The molecule has 0 aliphatic carbocycles. The molecule has 164 valence electrons. The van der Waals surface area contributed by atoms with Crippen LogP contribution in [0.4, 0.5) is 10.1 Å². The van der Waals surface area contributed by atoms with Gasteiger partial charge in [-0.15, -0.1) is 0 Å². The van der Waals surface area contributed by atoms with Crippen molar-refractivity contribution in [1.29, 1.82) is 0 Å². The van der Waals surface area contributed by atoms with Gasteiger partial charge in [0.25, 0.3) is 0 Å². The quantitative estimate of drug-likeness (QED) is 0.329. The minimum Gasteiger partial charge on any atom is -0.353 e. The summed E-state index contributed by atoms with van der Waals surface area (Å²) in [6, 6.07) is 15.0. The van der Waals surface area contributed by atoms with E-state index < -0.39 is 9.21 Å². The Kier molecular flexibility index (Phi) is 5.65. The Bertz CT molecular complexity index is 1410. The summed E-state index contributed by atoms with van der Waals surface area (Å²) in [5, 5.41) is 13.0. The lowest BCUT2D eigenvalue weighted by atomic mass is 9.98. The number of pyridine rings is 1. The molecule has 0 bridgehead atoms. The van der Waals surface area contributed by atoms with Gasteiger partial charge in [0.05, 0.1) is 28.1 Å². The zero-order valence-corrected chi connectivity index (χ0v) is 19.4. The van der Waals surface area contributed by atoms with Crippen molar-refractivity contribution in [3.8, 4) is 11.1 Å². The molecule has 0 saturated heterocycles. The Hall–Kier alpha value is -3.38. The van der Waals surface area contributed by atoms with E-state index in [1.54, 1.807) is 19.2 Å². The van der Waals surface area contributed by atoms with Gasteiger partial charge in [-0.2, -0.15) is 14.3 Å². The van der Waals surface area contributed by atoms with E-state index in [1.165, 1.54) is 6.07 Å². The number of aromatic nitrogens is 3. The first-order valence-electron chi connectivity index (χ1n) is 10.3. The third kappa shape index (κ3) is 3.94. The maximum atomic E-state index is 14.1.